The molecule has 320 valence electrons. The minimum absolute atomic E-state index is 0.0191. The zero-order valence-corrected chi connectivity index (χ0v) is 35.4. The summed E-state index contributed by atoms with van der Waals surface area (Å²) in [5, 5.41) is 0. The van der Waals surface area contributed by atoms with Gasteiger partial charge in [-0.1, -0.05) is 141 Å². The first-order valence-corrected chi connectivity index (χ1v) is 22.4. The summed E-state index contributed by atoms with van der Waals surface area (Å²) >= 11 is 0. The number of nitrogens with zero attached hydrogens (tertiary/aromatic N) is 1. The van der Waals surface area contributed by atoms with Crippen molar-refractivity contribution in [1.82, 2.24) is 0 Å². The van der Waals surface area contributed by atoms with Crippen molar-refractivity contribution in [3.8, 4) is 0 Å². The van der Waals surface area contributed by atoms with Crippen LogP contribution in [-0.4, -0.2) is 55.8 Å². The van der Waals surface area contributed by atoms with Crippen LogP contribution in [0.15, 0.2) is 29.3 Å². The van der Waals surface area contributed by atoms with Gasteiger partial charge in [-0.05, 0) is 77.0 Å². The van der Waals surface area contributed by atoms with Crippen LogP contribution in [0.4, 0.5) is 0 Å². The zero-order chi connectivity index (χ0) is 40.5. The van der Waals surface area contributed by atoms with E-state index in [0.29, 0.717) is 25.8 Å². The molecule has 0 aliphatic rings. The molecule has 0 aromatic heterocycles. The number of aliphatic imine (C=N–C) groups is 1. The highest BCUT2D eigenvalue weighted by atomic mass is 16.6. The van der Waals surface area contributed by atoms with E-state index < -0.39 is 24.1 Å². The van der Waals surface area contributed by atoms with Gasteiger partial charge in [0.1, 0.15) is 19.3 Å². The van der Waals surface area contributed by atoms with Gasteiger partial charge in [-0.3, -0.25) is 19.4 Å². The lowest BCUT2D eigenvalue weighted by atomic mass is 10.1. The molecule has 0 bridgehead atoms. The minimum Gasteiger partial charge on any atom is -0.462 e. The second-order valence-electron chi connectivity index (χ2n) is 15.1. The predicted molar refractivity (Wildman–Crippen MR) is 229 cm³/mol. The van der Waals surface area contributed by atoms with E-state index in [4.69, 9.17) is 31.4 Å². The Labute approximate surface area is 336 Å². The molecule has 0 rings (SSSR count). The maximum absolute atomic E-state index is 12.7. The van der Waals surface area contributed by atoms with E-state index in [9.17, 15) is 14.4 Å². The predicted octanol–water partition coefficient (Wildman–Crippen LogP) is 10.4. The van der Waals surface area contributed by atoms with Crippen LogP contribution in [0.25, 0.3) is 0 Å². The van der Waals surface area contributed by atoms with Crippen LogP contribution < -0.4 is 17.2 Å². The maximum Gasteiger partial charge on any atom is 0.323 e. The minimum atomic E-state index is -0.897. The van der Waals surface area contributed by atoms with Gasteiger partial charge in [-0.15, -0.1) is 0 Å². The van der Waals surface area contributed by atoms with E-state index in [-0.39, 0.29) is 31.6 Å². The molecule has 10 heteroatoms. The third kappa shape index (κ3) is 39.2. The number of carbonyl (C=O) groups excluding carboxylic acids is 3. The Morgan fingerprint density at radius 1 is 0.527 bits per heavy atom. The number of unbranched alkanes of at least 4 members (excludes halogenated alkanes) is 22. The number of rotatable bonds is 40. The van der Waals surface area contributed by atoms with Crippen molar-refractivity contribution in [3.63, 3.8) is 0 Å². The number of nitrogens with two attached hydrogens (primary N) is 3. The van der Waals surface area contributed by atoms with Gasteiger partial charge in [-0.2, -0.15) is 0 Å². The van der Waals surface area contributed by atoms with Crippen LogP contribution >= 0.6 is 0 Å². The van der Waals surface area contributed by atoms with Gasteiger partial charge in [0.2, 0.25) is 0 Å². The Balaban J connectivity index is 4.40. The molecule has 0 aliphatic carbocycles. The Hall–Kier alpha value is -2.88. The molecular formula is C45H84N4O6. The van der Waals surface area contributed by atoms with Crippen LogP contribution in [-0.2, 0) is 28.6 Å². The van der Waals surface area contributed by atoms with Crippen LogP contribution in [0, 0.1) is 0 Å². The fourth-order valence-corrected chi connectivity index (χ4v) is 6.22. The highest BCUT2D eigenvalue weighted by Gasteiger charge is 2.22. The Bertz CT molecular complexity index is 998. The van der Waals surface area contributed by atoms with Crippen molar-refractivity contribution in [2.45, 2.75) is 219 Å². The first-order valence-electron chi connectivity index (χ1n) is 22.4. The Morgan fingerprint density at radius 2 is 0.927 bits per heavy atom. The monoisotopic (exact) mass is 777 g/mol. The van der Waals surface area contributed by atoms with Crippen molar-refractivity contribution < 1.29 is 28.6 Å². The molecule has 55 heavy (non-hydrogen) atoms. The maximum atomic E-state index is 12.7. The molecule has 0 heterocycles. The number of esters is 3. The van der Waals surface area contributed by atoms with Gasteiger partial charge in [0.15, 0.2) is 12.1 Å². The Morgan fingerprint density at radius 3 is 1.38 bits per heavy atom. The smallest absolute Gasteiger partial charge is 0.323 e. The lowest BCUT2D eigenvalue weighted by Gasteiger charge is -2.19. The molecule has 1 unspecified atom stereocenters. The van der Waals surface area contributed by atoms with E-state index in [2.05, 4.69) is 43.1 Å². The number of ether oxygens (including phenoxy) is 3. The molecule has 0 saturated carbocycles. The highest BCUT2D eigenvalue weighted by molar-refractivity contribution is 5.76. The number of carbonyl (C=O) groups is 3. The quantitative estimate of drug-likeness (QED) is 0.0137. The third-order valence-electron chi connectivity index (χ3n) is 9.70. The van der Waals surface area contributed by atoms with E-state index >= 15 is 0 Å². The third-order valence-corrected chi connectivity index (χ3v) is 9.70. The lowest BCUT2D eigenvalue weighted by Crippen LogP contribution is -2.36. The zero-order valence-electron chi connectivity index (χ0n) is 35.4. The molecular weight excluding hydrogens is 693 g/mol. The average Bonchev–Trinajstić information content (AvgIpc) is 3.17. The number of allylic oxidation sites excluding steroid dienone is 4. The summed E-state index contributed by atoms with van der Waals surface area (Å²) in [6, 6.07) is -0.870. The van der Waals surface area contributed by atoms with Crippen LogP contribution in [0.3, 0.4) is 0 Å². The summed E-state index contributed by atoms with van der Waals surface area (Å²) in [7, 11) is 0. The Kier molecular flexibility index (Phi) is 38.6. The van der Waals surface area contributed by atoms with Gasteiger partial charge >= 0.3 is 17.9 Å². The fraction of sp³-hybridized carbons (Fsp3) is 0.822. The molecule has 0 aliphatic heterocycles. The van der Waals surface area contributed by atoms with Crippen LogP contribution in [0.1, 0.15) is 206 Å². The molecule has 0 saturated heterocycles. The second kappa shape index (κ2) is 40.8. The van der Waals surface area contributed by atoms with Gasteiger partial charge in [-0.25, -0.2) is 0 Å². The molecule has 0 radical (unpaired) electrons. The normalized spacial score (nSPS) is 12.6. The van der Waals surface area contributed by atoms with Crippen molar-refractivity contribution in [3.05, 3.63) is 24.3 Å². The van der Waals surface area contributed by atoms with E-state index in [0.717, 1.165) is 70.6 Å². The number of hydrogen-bond acceptors (Lipinski definition) is 8. The number of hydrogen-bond donors (Lipinski definition) is 3. The standard InChI is InChI=1S/C45H84N4O6/c1-3-5-7-9-11-13-15-17-19-21-23-25-27-29-31-35-42(50)53-38-40(39-54-44(52)41(46)34-33-37-49-45(47)48)55-43(51)36-32-30-28-26-24-22-20-18-16-14-12-10-8-6-4-2/h17-20,40-41H,3-16,21-39,46H2,1-2H3,(H4,47,48,49)/t40?,41-/m0/s1. The first-order chi connectivity index (χ1) is 26.8. The van der Waals surface area contributed by atoms with E-state index in [1.54, 1.807) is 0 Å². The molecule has 0 fully saturated rings. The van der Waals surface area contributed by atoms with Crippen molar-refractivity contribution in [2.24, 2.45) is 22.2 Å². The SMILES string of the molecule is CCCCCCCCC=CCCCCCCCC(=O)OCC(COC(=O)[C@@H](N)CCCN=C(N)N)OC(=O)CCCCCCCC=CCCCCCCCC. The summed E-state index contributed by atoms with van der Waals surface area (Å²) < 4.78 is 16.4. The molecule has 0 spiro atoms. The molecule has 0 amide bonds. The summed E-state index contributed by atoms with van der Waals surface area (Å²) in [6.45, 7) is 4.45. The summed E-state index contributed by atoms with van der Waals surface area (Å²) in [4.78, 5) is 41.6. The second-order valence-corrected chi connectivity index (χ2v) is 15.1. The van der Waals surface area contributed by atoms with Crippen LogP contribution in [0.5, 0.6) is 0 Å². The number of guanidine groups is 1. The van der Waals surface area contributed by atoms with E-state index in [1.807, 2.05) is 0 Å². The summed E-state index contributed by atoms with van der Waals surface area (Å²) in [5.41, 5.74) is 16.7. The van der Waals surface area contributed by atoms with Gasteiger partial charge in [0.05, 0.1) is 0 Å². The lowest BCUT2D eigenvalue weighted by molar-refractivity contribution is -0.167. The van der Waals surface area contributed by atoms with Crippen LogP contribution in [0.2, 0.25) is 0 Å². The average molecular weight is 777 g/mol. The first kappa shape index (κ1) is 52.1. The van der Waals surface area contributed by atoms with E-state index in [1.165, 1.54) is 96.3 Å². The molecule has 10 nitrogen and oxygen atoms in total. The summed E-state index contributed by atoms with van der Waals surface area (Å²) in [5.74, 6) is -1.39. The van der Waals surface area contributed by atoms with Crippen molar-refractivity contribution in [1.29, 1.82) is 0 Å². The van der Waals surface area contributed by atoms with Crippen molar-refractivity contribution >= 4 is 23.9 Å². The van der Waals surface area contributed by atoms with Gasteiger partial charge < -0.3 is 31.4 Å². The molecule has 0 aromatic carbocycles. The molecule has 2 atom stereocenters. The fourth-order valence-electron chi connectivity index (χ4n) is 6.22. The highest BCUT2D eigenvalue weighted by Crippen LogP contribution is 2.13. The largest absolute Gasteiger partial charge is 0.462 e. The summed E-state index contributed by atoms with van der Waals surface area (Å²) in [6.07, 6.45) is 40.5. The van der Waals surface area contributed by atoms with Crippen molar-refractivity contribution in [2.75, 3.05) is 19.8 Å². The topological polar surface area (TPSA) is 169 Å². The van der Waals surface area contributed by atoms with Gasteiger partial charge in [0, 0.05) is 19.4 Å². The molecule has 6 N–H and O–H groups in total. The molecule has 0 aromatic rings. The van der Waals surface area contributed by atoms with Gasteiger partial charge in [0.25, 0.3) is 0 Å².